The molecule has 0 aliphatic heterocycles. The molecule has 7 nitrogen and oxygen atoms in total. The molecule has 0 radical (unpaired) electrons. The van der Waals surface area contributed by atoms with Gasteiger partial charge >= 0.3 is 6.61 Å². The number of guanidine groups is 1. The van der Waals surface area contributed by atoms with Gasteiger partial charge in [0.05, 0.1) is 25.5 Å². The highest BCUT2D eigenvalue weighted by atomic mass is 127. The van der Waals surface area contributed by atoms with Crippen LogP contribution in [0, 0.1) is 6.92 Å². The van der Waals surface area contributed by atoms with Crippen LogP contribution in [0.25, 0.3) is 0 Å². The second-order valence-electron chi connectivity index (χ2n) is 5.85. The number of nitrogens with zero attached hydrogens (tertiary/aromatic N) is 1. The van der Waals surface area contributed by atoms with Crippen molar-refractivity contribution in [3.8, 4) is 5.75 Å². The Morgan fingerprint density at radius 3 is 2.57 bits per heavy atom. The summed E-state index contributed by atoms with van der Waals surface area (Å²) in [4.78, 5) is 4.37. The van der Waals surface area contributed by atoms with Gasteiger partial charge in [-0.3, -0.25) is 0 Å². The van der Waals surface area contributed by atoms with Crippen LogP contribution in [0.5, 0.6) is 5.75 Å². The van der Waals surface area contributed by atoms with E-state index in [0.717, 1.165) is 11.8 Å². The van der Waals surface area contributed by atoms with E-state index >= 15 is 0 Å². The van der Waals surface area contributed by atoms with Gasteiger partial charge in [0.1, 0.15) is 15.6 Å². The summed E-state index contributed by atoms with van der Waals surface area (Å²) in [7, 11) is -3.04. The van der Waals surface area contributed by atoms with Gasteiger partial charge < -0.3 is 20.1 Å². The number of hydrogen-bond acceptors (Lipinski definition) is 5. The van der Waals surface area contributed by atoms with Gasteiger partial charge in [0.25, 0.3) is 0 Å². The van der Waals surface area contributed by atoms with Crippen molar-refractivity contribution in [3.05, 3.63) is 29.3 Å². The first-order valence-electron chi connectivity index (χ1n) is 8.53. The van der Waals surface area contributed by atoms with Gasteiger partial charge in [0.2, 0.25) is 0 Å². The molecule has 0 fully saturated rings. The minimum absolute atomic E-state index is 0. The van der Waals surface area contributed by atoms with E-state index < -0.39 is 16.4 Å². The van der Waals surface area contributed by atoms with Crippen molar-refractivity contribution in [2.75, 3.05) is 38.3 Å². The number of rotatable bonds is 11. The lowest BCUT2D eigenvalue weighted by Gasteiger charge is -2.13. The van der Waals surface area contributed by atoms with Crippen molar-refractivity contribution < 1.29 is 26.7 Å². The van der Waals surface area contributed by atoms with Crippen LogP contribution in [0.3, 0.4) is 0 Å². The molecule has 1 aromatic rings. The zero-order valence-electron chi connectivity index (χ0n) is 16.2. The number of sulfone groups is 1. The lowest BCUT2D eigenvalue weighted by Crippen LogP contribution is -2.39. The SMILES string of the molecule is CCNC(=NCc1cc(C)ccc1OC(F)F)NCCOCCS(C)(=O)=O.I. The molecule has 0 heterocycles. The Hall–Kier alpha value is -1.21. The van der Waals surface area contributed by atoms with Gasteiger partial charge in [0, 0.05) is 24.9 Å². The fourth-order valence-electron chi connectivity index (χ4n) is 2.10. The van der Waals surface area contributed by atoms with Gasteiger partial charge in [-0.15, -0.1) is 24.0 Å². The second-order valence-corrected chi connectivity index (χ2v) is 8.11. The van der Waals surface area contributed by atoms with Crippen LogP contribution in [-0.2, 0) is 21.1 Å². The Balaban J connectivity index is 0.00000729. The normalized spacial score (nSPS) is 11.9. The van der Waals surface area contributed by atoms with E-state index in [2.05, 4.69) is 20.4 Å². The highest BCUT2D eigenvalue weighted by molar-refractivity contribution is 14.0. The minimum atomic E-state index is -3.04. The summed E-state index contributed by atoms with van der Waals surface area (Å²) >= 11 is 0. The molecule has 0 aromatic heterocycles. The van der Waals surface area contributed by atoms with Crippen molar-refractivity contribution in [2.45, 2.75) is 27.0 Å². The summed E-state index contributed by atoms with van der Waals surface area (Å²) in [5.74, 6) is 0.564. The van der Waals surface area contributed by atoms with Crippen molar-refractivity contribution in [1.29, 1.82) is 0 Å². The lowest BCUT2D eigenvalue weighted by molar-refractivity contribution is -0.0504. The van der Waals surface area contributed by atoms with Crippen molar-refractivity contribution in [2.24, 2.45) is 4.99 Å². The molecule has 28 heavy (non-hydrogen) atoms. The van der Waals surface area contributed by atoms with Crippen LogP contribution in [0.1, 0.15) is 18.1 Å². The van der Waals surface area contributed by atoms with Gasteiger partial charge in [-0.2, -0.15) is 8.78 Å². The lowest BCUT2D eigenvalue weighted by atomic mass is 10.1. The largest absolute Gasteiger partial charge is 0.434 e. The number of halogens is 3. The maximum absolute atomic E-state index is 12.5. The number of hydrogen-bond donors (Lipinski definition) is 2. The molecular formula is C17H28F2IN3O4S. The summed E-state index contributed by atoms with van der Waals surface area (Å²) in [6.45, 7) is 2.50. The summed E-state index contributed by atoms with van der Waals surface area (Å²) in [6, 6.07) is 4.95. The molecule has 162 valence electrons. The van der Waals surface area contributed by atoms with Gasteiger partial charge in [-0.05, 0) is 19.9 Å². The quantitative estimate of drug-likeness (QED) is 0.196. The van der Waals surface area contributed by atoms with Crippen LogP contribution in [-0.4, -0.2) is 59.3 Å². The predicted molar refractivity (Wildman–Crippen MR) is 117 cm³/mol. The Bertz CT molecular complexity index is 718. The van der Waals surface area contributed by atoms with Crippen LogP contribution in [0.15, 0.2) is 23.2 Å². The van der Waals surface area contributed by atoms with Gasteiger partial charge in [-0.25, -0.2) is 13.4 Å². The fourth-order valence-corrected chi connectivity index (χ4v) is 2.52. The molecule has 0 unspecified atom stereocenters. The molecule has 0 aliphatic carbocycles. The van der Waals surface area contributed by atoms with Crippen molar-refractivity contribution in [3.63, 3.8) is 0 Å². The third-order valence-electron chi connectivity index (χ3n) is 3.32. The van der Waals surface area contributed by atoms with E-state index in [-0.39, 0.29) is 48.6 Å². The molecule has 0 bridgehead atoms. The standard InChI is InChI=1S/C17H27F2N3O4S.HI/c1-4-20-17(21-7-8-25-9-10-27(3,23)24)22-12-14-11-13(2)5-6-15(14)26-16(18)19;/h5-6,11,16H,4,7-10,12H2,1-3H3,(H2,20,21,22);1H. The van der Waals surface area contributed by atoms with Crippen LogP contribution in [0.4, 0.5) is 8.78 Å². The fraction of sp³-hybridized carbons (Fsp3) is 0.588. The average Bonchev–Trinajstić information content (AvgIpc) is 2.56. The molecule has 2 N–H and O–H groups in total. The topological polar surface area (TPSA) is 89.0 Å². The molecule has 11 heteroatoms. The van der Waals surface area contributed by atoms with E-state index in [1.807, 2.05) is 13.8 Å². The minimum Gasteiger partial charge on any atom is -0.434 e. The number of alkyl halides is 2. The number of aryl methyl sites for hydroxylation is 1. The molecular weight excluding hydrogens is 507 g/mol. The zero-order valence-corrected chi connectivity index (χ0v) is 19.4. The Morgan fingerprint density at radius 1 is 1.25 bits per heavy atom. The summed E-state index contributed by atoms with van der Waals surface area (Å²) in [5, 5.41) is 6.08. The molecule has 0 aliphatic rings. The summed E-state index contributed by atoms with van der Waals surface area (Å²) in [6.07, 6.45) is 1.15. The molecule has 1 rings (SSSR count). The van der Waals surface area contributed by atoms with Crippen LogP contribution in [0.2, 0.25) is 0 Å². The number of nitrogens with one attached hydrogen (secondary N) is 2. The Kier molecular flexibility index (Phi) is 13.3. The first kappa shape index (κ1) is 26.8. The number of aliphatic imine (C=N–C) groups is 1. The van der Waals surface area contributed by atoms with Crippen LogP contribution >= 0.6 is 24.0 Å². The van der Waals surface area contributed by atoms with Crippen molar-refractivity contribution >= 4 is 39.8 Å². The van der Waals surface area contributed by atoms with Crippen LogP contribution < -0.4 is 15.4 Å². The highest BCUT2D eigenvalue weighted by Crippen LogP contribution is 2.22. The smallest absolute Gasteiger partial charge is 0.387 e. The number of benzene rings is 1. The summed E-state index contributed by atoms with van der Waals surface area (Å²) in [5.41, 5.74) is 1.47. The molecule has 0 saturated heterocycles. The first-order chi connectivity index (χ1) is 12.7. The molecule has 0 amide bonds. The van der Waals surface area contributed by atoms with Crippen molar-refractivity contribution in [1.82, 2.24) is 10.6 Å². The van der Waals surface area contributed by atoms with E-state index in [9.17, 15) is 17.2 Å². The van der Waals surface area contributed by atoms with E-state index in [1.165, 1.54) is 6.07 Å². The second kappa shape index (κ2) is 13.9. The Morgan fingerprint density at radius 2 is 1.96 bits per heavy atom. The highest BCUT2D eigenvalue weighted by Gasteiger charge is 2.10. The van der Waals surface area contributed by atoms with E-state index in [0.29, 0.717) is 31.2 Å². The average molecular weight is 535 g/mol. The molecule has 0 spiro atoms. The maximum Gasteiger partial charge on any atom is 0.387 e. The molecule has 0 atom stereocenters. The number of ether oxygens (including phenoxy) is 2. The third kappa shape index (κ3) is 12.3. The predicted octanol–water partition coefficient (Wildman–Crippen LogP) is 2.33. The van der Waals surface area contributed by atoms with Gasteiger partial charge in [-0.1, -0.05) is 17.7 Å². The first-order valence-corrected chi connectivity index (χ1v) is 10.6. The molecule has 0 saturated carbocycles. The van der Waals surface area contributed by atoms with E-state index in [4.69, 9.17) is 4.74 Å². The zero-order chi connectivity index (χ0) is 20.3. The summed E-state index contributed by atoms with van der Waals surface area (Å²) < 4.78 is 56.9. The maximum atomic E-state index is 12.5. The van der Waals surface area contributed by atoms with Gasteiger partial charge in [0.15, 0.2) is 5.96 Å². The molecule has 1 aromatic carbocycles. The third-order valence-corrected chi connectivity index (χ3v) is 4.23. The Labute approximate surface area is 182 Å². The monoisotopic (exact) mass is 535 g/mol. The van der Waals surface area contributed by atoms with E-state index in [1.54, 1.807) is 12.1 Å².